The lowest BCUT2D eigenvalue weighted by Crippen LogP contribution is -2.24. The molecule has 0 aliphatic rings. The Morgan fingerprint density at radius 3 is 2.30 bits per heavy atom. The summed E-state index contributed by atoms with van der Waals surface area (Å²) in [5.41, 5.74) is -0.144. The first kappa shape index (κ1) is 18.6. The molecule has 23 heavy (non-hydrogen) atoms. The molecule has 0 saturated carbocycles. The summed E-state index contributed by atoms with van der Waals surface area (Å²) in [6.45, 7) is 8.89. The van der Waals surface area contributed by atoms with Gasteiger partial charge in [0.05, 0.1) is 4.92 Å². The van der Waals surface area contributed by atoms with Gasteiger partial charge in [0.1, 0.15) is 11.8 Å². The number of nitro benzene ring substituents is 1. The molecule has 0 saturated heterocycles. The van der Waals surface area contributed by atoms with Gasteiger partial charge >= 0.3 is 5.97 Å². The van der Waals surface area contributed by atoms with Gasteiger partial charge in [0, 0.05) is 29.5 Å². The quantitative estimate of drug-likeness (QED) is 0.491. The molecular weight excluding hydrogens is 300 g/mol. The Hall–Kier alpha value is -2.44. The molecule has 1 aromatic carbocycles. The van der Waals surface area contributed by atoms with E-state index < -0.39 is 22.3 Å². The molecule has 2 N–H and O–H groups in total. The van der Waals surface area contributed by atoms with Crippen LogP contribution >= 0.6 is 0 Å². The predicted octanol–water partition coefficient (Wildman–Crippen LogP) is 3.13. The van der Waals surface area contributed by atoms with Gasteiger partial charge in [0.2, 0.25) is 0 Å². The van der Waals surface area contributed by atoms with Crippen LogP contribution in [0.2, 0.25) is 0 Å². The van der Waals surface area contributed by atoms with Crippen molar-refractivity contribution in [3.05, 3.63) is 33.4 Å². The van der Waals surface area contributed by atoms with Crippen molar-refractivity contribution in [1.82, 2.24) is 0 Å². The predicted molar refractivity (Wildman–Crippen MR) is 87.3 cm³/mol. The van der Waals surface area contributed by atoms with E-state index in [2.05, 4.69) is 4.99 Å². The molecular formula is C16H22N2O5. The first-order valence-electron chi connectivity index (χ1n) is 7.23. The number of carboxylic acids is 1. The molecule has 0 aliphatic heterocycles. The van der Waals surface area contributed by atoms with Gasteiger partial charge in [-0.25, -0.2) is 4.79 Å². The van der Waals surface area contributed by atoms with Gasteiger partial charge in [-0.1, -0.05) is 34.6 Å². The van der Waals surface area contributed by atoms with Crippen LogP contribution in [0.15, 0.2) is 17.1 Å². The third-order valence-corrected chi connectivity index (χ3v) is 3.40. The zero-order chi connectivity index (χ0) is 17.9. The van der Waals surface area contributed by atoms with E-state index >= 15 is 0 Å². The van der Waals surface area contributed by atoms with Gasteiger partial charge in [-0.05, 0) is 11.3 Å². The molecule has 0 aromatic heterocycles. The van der Waals surface area contributed by atoms with E-state index in [1.807, 2.05) is 20.8 Å². The first-order chi connectivity index (χ1) is 10.4. The van der Waals surface area contributed by atoms with E-state index in [4.69, 9.17) is 5.11 Å². The maximum Gasteiger partial charge on any atom is 0.328 e. The average molecular weight is 322 g/mol. The second kappa shape index (κ2) is 6.76. The number of hydrogen-bond acceptors (Lipinski definition) is 5. The number of benzene rings is 1. The van der Waals surface area contributed by atoms with Crippen LogP contribution in [0.25, 0.3) is 0 Å². The lowest BCUT2D eigenvalue weighted by atomic mass is 9.85. The zero-order valence-corrected chi connectivity index (χ0v) is 13.9. The third kappa shape index (κ3) is 4.51. The summed E-state index contributed by atoms with van der Waals surface area (Å²) in [6, 6.07) is 1.53. The van der Waals surface area contributed by atoms with Crippen LogP contribution in [-0.4, -0.2) is 33.4 Å². The molecule has 1 atom stereocenters. The highest BCUT2D eigenvalue weighted by molar-refractivity contribution is 5.88. The second-order valence-corrected chi connectivity index (χ2v) is 6.74. The van der Waals surface area contributed by atoms with E-state index in [0.717, 1.165) is 0 Å². The molecule has 1 aromatic rings. The Labute approximate surface area is 134 Å². The molecule has 0 heterocycles. The monoisotopic (exact) mass is 322 g/mol. The van der Waals surface area contributed by atoms with E-state index in [0.29, 0.717) is 5.56 Å². The van der Waals surface area contributed by atoms with Crippen molar-refractivity contribution in [2.24, 2.45) is 10.9 Å². The minimum absolute atomic E-state index is 0.125. The Morgan fingerprint density at radius 1 is 1.35 bits per heavy atom. The minimum Gasteiger partial charge on any atom is -0.507 e. The van der Waals surface area contributed by atoms with Crippen molar-refractivity contribution in [3.63, 3.8) is 0 Å². The summed E-state index contributed by atoms with van der Waals surface area (Å²) in [5.74, 6) is -1.45. The zero-order valence-electron chi connectivity index (χ0n) is 13.9. The lowest BCUT2D eigenvalue weighted by molar-refractivity contribution is -0.385. The van der Waals surface area contributed by atoms with Crippen molar-refractivity contribution in [2.45, 2.75) is 46.1 Å². The van der Waals surface area contributed by atoms with Crippen LogP contribution in [0, 0.1) is 16.0 Å². The number of phenols is 1. The van der Waals surface area contributed by atoms with Crippen LogP contribution in [0.1, 0.15) is 45.7 Å². The number of carboxylic acid groups (broad SMARTS) is 1. The Bertz CT molecular complexity index is 645. The number of nitro groups is 1. The van der Waals surface area contributed by atoms with Crippen molar-refractivity contribution < 1.29 is 19.9 Å². The van der Waals surface area contributed by atoms with Gasteiger partial charge in [0.25, 0.3) is 5.69 Å². The van der Waals surface area contributed by atoms with Gasteiger partial charge in [-0.3, -0.25) is 15.1 Å². The summed E-state index contributed by atoms with van der Waals surface area (Å²) in [7, 11) is 0. The molecule has 0 unspecified atom stereocenters. The van der Waals surface area contributed by atoms with E-state index in [-0.39, 0.29) is 22.9 Å². The van der Waals surface area contributed by atoms with E-state index in [9.17, 15) is 20.0 Å². The van der Waals surface area contributed by atoms with Gasteiger partial charge < -0.3 is 10.2 Å². The van der Waals surface area contributed by atoms with Crippen LogP contribution in [0.3, 0.4) is 0 Å². The van der Waals surface area contributed by atoms with Crippen LogP contribution in [0.5, 0.6) is 5.75 Å². The van der Waals surface area contributed by atoms with Crippen LogP contribution < -0.4 is 0 Å². The van der Waals surface area contributed by atoms with Gasteiger partial charge in [-0.15, -0.1) is 0 Å². The van der Waals surface area contributed by atoms with E-state index in [1.54, 1.807) is 13.8 Å². The standard InChI is InChI=1S/C16H22N2O5/c1-9(2)13(15(20)21)17-8-10-6-11(18(22)23)7-12(14(10)19)16(3,4)5/h6-9,13,19H,1-5H3,(H,20,21)/t13-/m0/s1. The largest absolute Gasteiger partial charge is 0.507 e. The molecule has 7 nitrogen and oxygen atoms in total. The van der Waals surface area contributed by atoms with Crippen molar-refractivity contribution in [3.8, 4) is 5.75 Å². The second-order valence-electron chi connectivity index (χ2n) is 6.74. The molecule has 0 spiro atoms. The smallest absolute Gasteiger partial charge is 0.328 e. The minimum atomic E-state index is -1.09. The normalized spacial score (nSPS) is 13.5. The number of hydrogen-bond donors (Lipinski definition) is 2. The first-order valence-corrected chi connectivity index (χ1v) is 7.23. The number of phenolic OH excluding ortho intramolecular Hbond substituents is 1. The Balaban J connectivity index is 3.43. The fourth-order valence-electron chi connectivity index (χ4n) is 2.10. The third-order valence-electron chi connectivity index (χ3n) is 3.40. The maximum atomic E-state index is 11.2. The molecule has 126 valence electrons. The van der Waals surface area contributed by atoms with Crippen LogP contribution in [-0.2, 0) is 10.2 Å². The highest BCUT2D eigenvalue weighted by Gasteiger charge is 2.25. The van der Waals surface area contributed by atoms with Crippen molar-refractivity contribution in [2.75, 3.05) is 0 Å². The van der Waals surface area contributed by atoms with Crippen LogP contribution in [0.4, 0.5) is 5.69 Å². The van der Waals surface area contributed by atoms with Gasteiger partial charge in [0.15, 0.2) is 0 Å². The number of nitrogens with zero attached hydrogens (tertiary/aromatic N) is 2. The number of carbonyl (C=O) groups is 1. The molecule has 1 rings (SSSR count). The molecule has 0 bridgehead atoms. The molecule has 0 fully saturated rings. The SMILES string of the molecule is CC(C)[C@H](N=Cc1cc([N+](=O)[O-])cc(C(C)(C)C)c1O)C(=O)O. The summed E-state index contributed by atoms with van der Waals surface area (Å²) in [6.07, 6.45) is 1.19. The average Bonchev–Trinajstić information content (AvgIpc) is 2.38. The highest BCUT2D eigenvalue weighted by Crippen LogP contribution is 2.36. The maximum absolute atomic E-state index is 11.2. The Kier molecular flexibility index (Phi) is 5.47. The summed E-state index contributed by atoms with van der Waals surface area (Å²) < 4.78 is 0. The molecule has 7 heteroatoms. The summed E-state index contributed by atoms with van der Waals surface area (Å²) in [4.78, 5) is 25.7. The number of non-ortho nitro benzene ring substituents is 1. The lowest BCUT2D eigenvalue weighted by Gasteiger charge is -2.21. The number of aliphatic imine (C=N–C) groups is 1. The highest BCUT2D eigenvalue weighted by atomic mass is 16.6. The number of aromatic hydroxyl groups is 1. The number of aliphatic carboxylic acids is 1. The molecule has 0 amide bonds. The molecule has 0 radical (unpaired) electrons. The number of rotatable bonds is 5. The fraction of sp³-hybridized carbons (Fsp3) is 0.500. The topological polar surface area (TPSA) is 113 Å². The van der Waals surface area contributed by atoms with E-state index in [1.165, 1.54) is 18.3 Å². The van der Waals surface area contributed by atoms with Crippen molar-refractivity contribution in [1.29, 1.82) is 0 Å². The fourth-order valence-corrected chi connectivity index (χ4v) is 2.10. The Morgan fingerprint density at radius 2 is 1.91 bits per heavy atom. The van der Waals surface area contributed by atoms with Gasteiger partial charge in [-0.2, -0.15) is 0 Å². The summed E-state index contributed by atoms with van der Waals surface area (Å²) >= 11 is 0. The molecule has 0 aliphatic carbocycles. The van der Waals surface area contributed by atoms with Crippen molar-refractivity contribution >= 4 is 17.9 Å². The summed E-state index contributed by atoms with van der Waals surface area (Å²) in [5, 5.41) is 30.6.